The van der Waals surface area contributed by atoms with Crippen LogP contribution in [0.2, 0.25) is 0 Å². The maximum Gasteiger partial charge on any atom is 0.472 e. The van der Waals surface area contributed by atoms with Gasteiger partial charge in [0.1, 0.15) is 12.2 Å². The Balaban J connectivity index is 3.87. The van der Waals surface area contributed by atoms with Crippen LogP contribution in [0.1, 0.15) is 206 Å². The lowest BCUT2D eigenvalue weighted by Gasteiger charge is -2.20. The van der Waals surface area contributed by atoms with Crippen molar-refractivity contribution in [1.29, 1.82) is 0 Å². The average Bonchev–Trinajstić information content (AvgIpc) is 3.12. The molecule has 0 aliphatic heterocycles. The Bertz CT molecular complexity index is 827. The molecule has 0 aliphatic rings. The highest BCUT2D eigenvalue weighted by Crippen LogP contribution is 2.43. The number of hydrogen-bond acceptors (Lipinski definition) is 9. The van der Waals surface area contributed by atoms with Gasteiger partial charge in [-0.05, 0) is 12.8 Å². The lowest BCUT2D eigenvalue weighted by atomic mass is 10.0. The molecule has 0 saturated heterocycles. The van der Waals surface area contributed by atoms with Crippen molar-refractivity contribution in [2.24, 2.45) is 0 Å². The molecule has 0 radical (unpaired) electrons. The van der Waals surface area contributed by atoms with E-state index in [1.807, 2.05) is 0 Å². The molecule has 0 aromatic carbocycles. The third-order valence-corrected chi connectivity index (χ3v) is 10.3. The predicted molar refractivity (Wildman–Crippen MR) is 206 cm³/mol. The van der Waals surface area contributed by atoms with Crippen LogP contribution in [0.5, 0.6) is 0 Å². The van der Waals surface area contributed by atoms with Crippen LogP contribution in [-0.4, -0.2) is 65.7 Å². The van der Waals surface area contributed by atoms with Crippen molar-refractivity contribution < 1.29 is 47.8 Å². The van der Waals surface area contributed by atoms with Crippen molar-refractivity contribution in [2.45, 2.75) is 219 Å². The van der Waals surface area contributed by atoms with E-state index in [-0.39, 0.29) is 12.8 Å². The molecular weight excluding hydrogens is 671 g/mol. The van der Waals surface area contributed by atoms with E-state index in [0.29, 0.717) is 12.8 Å². The fourth-order valence-corrected chi connectivity index (χ4v) is 6.84. The van der Waals surface area contributed by atoms with Crippen LogP contribution in [-0.2, 0) is 32.7 Å². The van der Waals surface area contributed by atoms with Crippen LogP contribution < -0.4 is 0 Å². The summed E-state index contributed by atoms with van der Waals surface area (Å²) in [5.41, 5.74) is 0. The summed E-state index contributed by atoms with van der Waals surface area (Å²) >= 11 is 0. The van der Waals surface area contributed by atoms with E-state index in [9.17, 15) is 29.3 Å². The van der Waals surface area contributed by atoms with Crippen molar-refractivity contribution in [3.8, 4) is 0 Å². The molecule has 11 heteroatoms. The number of unbranched alkanes of at least 4 members (excludes halogenated alkanes) is 26. The molecule has 51 heavy (non-hydrogen) atoms. The number of ether oxygens (including phenoxy) is 2. The van der Waals surface area contributed by atoms with Crippen LogP contribution in [0, 0.1) is 0 Å². The molecule has 0 spiro atoms. The van der Waals surface area contributed by atoms with E-state index >= 15 is 0 Å². The molecule has 3 N–H and O–H groups in total. The molecule has 0 heterocycles. The number of esters is 2. The highest BCUT2D eigenvalue weighted by Gasteiger charge is 2.27. The Hall–Kier alpha value is -1.03. The highest BCUT2D eigenvalue weighted by molar-refractivity contribution is 7.47. The summed E-state index contributed by atoms with van der Waals surface area (Å²) in [7, 11) is -4.62. The lowest BCUT2D eigenvalue weighted by Crippen LogP contribution is -2.28. The van der Waals surface area contributed by atoms with Gasteiger partial charge in [0.25, 0.3) is 0 Å². The third-order valence-electron chi connectivity index (χ3n) is 9.32. The van der Waals surface area contributed by atoms with Gasteiger partial charge in [0.2, 0.25) is 0 Å². The molecule has 304 valence electrons. The zero-order valence-electron chi connectivity index (χ0n) is 32.8. The van der Waals surface area contributed by atoms with Gasteiger partial charge in [-0.2, -0.15) is 0 Å². The van der Waals surface area contributed by atoms with Crippen molar-refractivity contribution >= 4 is 19.8 Å². The Labute approximate surface area is 312 Å². The van der Waals surface area contributed by atoms with Crippen molar-refractivity contribution in [2.75, 3.05) is 26.4 Å². The quantitative estimate of drug-likeness (QED) is 0.0314. The molecule has 10 nitrogen and oxygen atoms in total. The standard InChI is InChI=1S/C40H79O10P/c1-3-5-7-9-11-13-15-16-17-18-19-20-21-22-24-26-28-30-32-40(44)50-38(34-42)36-48-51(45,46)47-35-37(33-41)49-39(43)31-29-27-25-23-14-12-10-8-6-4-2/h37-38,41-42H,3-36H2,1-2H3,(H,45,46). The Morgan fingerprint density at radius 3 is 0.922 bits per heavy atom. The smallest absolute Gasteiger partial charge is 0.457 e. The van der Waals surface area contributed by atoms with Crippen molar-refractivity contribution in [3.05, 3.63) is 0 Å². The monoisotopic (exact) mass is 751 g/mol. The second-order valence-corrected chi connectivity index (χ2v) is 15.8. The molecule has 0 aliphatic carbocycles. The first kappa shape index (κ1) is 50.0. The first-order valence-electron chi connectivity index (χ1n) is 21.0. The van der Waals surface area contributed by atoms with Crippen LogP contribution in [0.3, 0.4) is 0 Å². The van der Waals surface area contributed by atoms with Gasteiger partial charge in [-0.3, -0.25) is 18.6 Å². The number of hydrogen-bond donors (Lipinski definition) is 3. The summed E-state index contributed by atoms with van der Waals surface area (Å²) in [6.07, 6.45) is 32.3. The minimum absolute atomic E-state index is 0.198. The summed E-state index contributed by atoms with van der Waals surface area (Å²) in [4.78, 5) is 34.4. The van der Waals surface area contributed by atoms with E-state index in [1.165, 1.54) is 128 Å². The molecule has 0 aromatic rings. The molecule has 0 amide bonds. The van der Waals surface area contributed by atoms with E-state index in [4.69, 9.17) is 18.5 Å². The number of phosphoric ester groups is 1. The second kappa shape index (κ2) is 37.3. The van der Waals surface area contributed by atoms with E-state index in [2.05, 4.69) is 13.8 Å². The summed E-state index contributed by atoms with van der Waals surface area (Å²) < 4.78 is 32.5. The van der Waals surface area contributed by atoms with Crippen molar-refractivity contribution in [1.82, 2.24) is 0 Å². The summed E-state index contributed by atoms with van der Waals surface area (Å²) in [6, 6.07) is 0. The first-order chi connectivity index (χ1) is 24.8. The highest BCUT2D eigenvalue weighted by atomic mass is 31.2. The maximum atomic E-state index is 12.3. The van der Waals surface area contributed by atoms with Crippen LogP contribution in [0.4, 0.5) is 0 Å². The van der Waals surface area contributed by atoms with E-state index < -0.39 is 58.4 Å². The van der Waals surface area contributed by atoms with Crippen LogP contribution >= 0.6 is 7.82 Å². The second-order valence-electron chi connectivity index (χ2n) is 14.3. The molecule has 3 unspecified atom stereocenters. The minimum Gasteiger partial charge on any atom is -0.457 e. The Morgan fingerprint density at radius 1 is 0.451 bits per heavy atom. The number of aliphatic hydroxyl groups is 2. The number of phosphoric acid groups is 1. The predicted octanol–water partition coefficient (Wildman–Crippen LogP) is 10.7. The summed E-state index contributed by atoms with van der Waals surface area (Å²) in [5.74, 6) is -1.01. The minimum atomic E-state index is -4.62. The number of carbonyl (C=O) groups excluding carboxylic acids is 2. The topological polar surface area (TPSA) is 149 Å². The lowest BCUT2D eigenvalue weighted by molar-refractivity contribution is -0.153. The van der Waals surface area contributed by atoms with E-state index in [1.54, 1.807) is 0 Å². The van der Waals surface area contributed by atoms with E-state index in [0.717, 1.165) is 38.5 Å². The molecular formula is C40H79O10P. The van der Waals surface area contributed by atoms with Gasteiger partial charge in [0, 0.05) is 12.8 Å². The van der Waals surface area contributed by atoms with Crippen molar-refractivity contribution in [3.63, 3.8) is 0 Å². The average molecular weight is 751 g/mol. The number of carbonyl (C=O) groups is 2. The maximum absolute atomic E-state index is 12.3. The molecule has 0 saturated carbocycles. The fraction of sp³-hybridized carbons (Fsp3) is 0.950. The summed E-state index contributed by atoms with van der Waals surface area (Å²) in [6.45, 7) is 2.22. The van der Waals surface area contributed by atoms with Gasteiger partial charge in [-0.15, -0.1) is 0 Å². The number of aliphatic hydroxyl groups excluding tert-OH is 2. The van der Waals surface area contributed by atoms with Gasteiger partial charge < -0.3 is 24.6 Å². The zero-order valence-corrected chi connectivity index (χ0v) is 33.7. The third kappa shape index (κ3) is 35.8. The Kier molecular flexibility index (Phi) is 36.5. The fourth-order valence-electron chi connectivity index (χ4n) is 6.06. The zero-order chi connectivity index (χ0) is 37.7. The van der Waals surface area contributed by atoms with Crippen LogP contribution in [0.15, 0.2) is 0 Å². The summed E-state index contributed by atoms with van der Waals surface area (Å²) in [5, 5.41) is 19.1. The number of rotatable bonds is 40. The molecule has 3 atom stereocenters. The Morgan fingerprint density at radius 2 is 0.686 bits per heavy atom. The van der Waals surface area contributed by atoms with Gasteiger partial charge in [0.15, 0.2) is 0 Å². The molecule has 0 fully saturated rings. The van der Waals surface area contributed by atoms with Gasteiger partial charge >= 0.3 is 19.8 Å². The molecule has 0 bridgehead atoms. The van der Waals surface area contributed by atoms with Gasteiger partial charge in [-0.25, -0.2) is 4.57 Å². The normalized spacial score (nSPS) is 13.9. The molecule has 0 rings (SSSR count). The first-order valence-corrected chi connectivity index (χ1v) is 22.5. The SMILES string of the molecule is CCCCCCCCCCCCCCCCCCCCC(=O)OC(CO)COP(=O)(O)OCC(CO)OC(=O)CCCCCCCCCCCC. The van der Waals surface area contributed by atoms with Crippen LogP contribution in [0.25, 0.3) is 0 Å². The molecule has 0 aromatic heterocycles. The van der Waals surface area contributed by atoms with Gasteiger partial charge in [-0.1, -0.05) is 181 Å². The van der Waals surface area contributed by atoms with Gasteiger partial charge in [0.05, 0.1) is 26.4 Å². The largest absolute Gasteiger partial charge is 0.472 e.